The van der Waals surface area contributed by atoms with Gasteiger partial charge in [-0.25, -0.2) is 0 Å². The van der Waals surface area contributed by atoms with Gasteiger partial charge in [0.2, 0.25) is 5.75 Å². The van der Waals surface area contributed by atoms with E-state index in [9.17, 15) is 5.11 Å². The highest BCUT2D eigenvalue weighted by atomic mass is 16.5. The van der Waals surface area contributed by atoms with Crippen LogP contribution in [0.1, 0.15) is 22.8 Å². The summed E-state index contributed by atoms with van der Waals surface area (Å²) in [4.78, 5) is 0. The van der Waals surface area contributed by atoms with Crippen molar-refractivity contribution in [1.29, 1.82) is 0 Å². The average Bonchev–Trinajstić information content (AvgIpc) is 2.81. The van der Waals surface area contributed by atoms with Crippen LogP contribution in [0.25, 0.3) is 5.57 Å². The fourth-order valence-electron chi connectivity index (χ4n) is 3.01. The molecule has 30 heavy (non-hydrogen) atoms. The summed E-state index contributed by atoms with van der Waals surface area (Å²) in [6, 6.07) is 22.8. The molecule has 0 amide bonds. The topological polar surface area (TPSA) is 47.9 Å². The van der Waals surface area contributed by atoms with E-state index in [4.69, 9.17) is 14.2 Å². The number of methoxy groups -OCH3 is 3. The van der Waals surface area contributed by atoms with Gasteiger partial charge in [-0.2, -0.15) is 0 Å². The highest BCUT2D eigenvalue weighted by molar-refractivity contribution is 5.82. The lowest BCUT2D eigenvalue weighted by atomic mass is 10.00. The minimum Gasteiger partial charge on any atom is -0.493 e. The number of ether oxygens (including phenoxy) is 3. The Balaban J connectivity index is 2.12. The monoisotopic (exact) mass is 400 g/mol. The number of allylic oxidation sites excluding steroid dienone is 1. The molecule has 4 nitrogen and oxygen atoms in total. The van der Waals surface area contributed by atoms with Gasteiger partial charge in [0.15, 0.2) is 11.5 Å². The maximum atomic E-state index is 10.8. The summed E-state index contributed by atoms with van der Waals surface area (Å²) in [5, 5.41) is 10.8. The minimum absolute atomic E-state index is 0.503. The molecule has 0 radical (unpaired) electrons. The zero-order valence-corrected chi connectivity index (χ0v) is 17.3. The second-order valence-electron chi connectivity index (χ2n) is 6.47. The quantitative estimate of drug-likeness (QED) is 0.599. The molecule has 0 aliphatic heterocycles. The molecule has 0 aliphatic rings. The highest BCUT2D eigenvalue weighted by Crippen LogP contribution is 2.40. The Morgan fingerprint density at radius 2 is 1.40 bits per heavy atom. The van der Waals surface area contributed by atoms with Crippen LogP contribution in [0.4, 0.5) is 0 Å². The maximum absolute atomic E-state index is 10.8. The van der Waals surface area contributed by atoms with Crippen molar-refractivity contribution in [1.82, 2.24) is 0 Å². The van der Waals surface area contributed by atoms with E-state index in [1.165, 1.54) is 0 Å². The molecule has 0 aromatic heterocycles. The van der Waals surface area contributed by atoms with Crippen molar-refractivity contribution in [2.24, 2.45) is 0 Å². The Morgan fingerprint density at radius 1 is 0.833 bits per heavy atom. The smallest absolute Gasteiger partial charge is 0.203 e. The van der Waals surface area contributed by atoms with Crippen LogP contribution in [0, 0.1) is 11.8 Å². The highest BCUT2D eigenvalue weighted by Gasteiger charge is 2.16. The third-order valence-electron chi connectivity index (χ3n) is 4.56. The number of hydrogen-bond acceptors (Lipinski definition) is 4. The van der Waals surface area contributed by atoms with Crippen molar-refractivity contribution >= 4 is 5.57 Å². The SMILES string of the molecule is COc1cc(/C(C#Cc2ccccc2)=C/C(O)c2ccccc2)cc(OC)c1OC. The van der Waals surface area contributed by atoms with Gasteiger partial charge >= 0.3 is 0 Å². The van der Waals surface area contributed by atoms with Crippen LogP contribution in [0.2, 0.25) is 0 Å². The predicted molar refractivity (Wildman–Crippen MR) is 119 cm³/mol. The Morgan fingerprint density at radius 3 is 1.93 bits per heavy atom. The summed E-state index contributed by atoms with van der Waals surface area (Å²) in [5.41, 5.74) is 3.06. The lowest BCUT2D eigenvalue weighted by Crippen LogP contribution is -1.98. The van der Waals surface area contributed by atoms with Crippen LogP contribution in [0.15, 0.2) is 78.9 Å². The summed E-state index contributed by atoms with van der Waals surface area (Å²) in [6.45, 7) is 0. The van der Waals surface area contributed by atoms with Gasteiger partial charge in [-0.3, -0.25) is 0 Å². The number of benzene rings is 3. The van der Waals surface area contributed by atoms with Crippen molar-refractivity contribution in [3.63, 3.8) is 0 Å². The Hall–Kier alpha value is -3.68. The van der Waals surface area contributed by atoms with Gasteiger partial charge in [0, 0.05) is 11.1 Å². The fraction of sp³-hybridized carbons (Fsp3) is 0.154. The molecule has 152 valence electrons. The lowest BCUT2D eigenvalue weighted by molar-refractivity contribution is 0.229. The van der Waals surface area contributed by atoms with E-state index in [0.29, 0.717) is 22.8 Å². The van der Waals surface area contributed by atoms with Crippen molar-refractivity contribution < 1.29 is 19.3 Å². The largest absolute Gasteiger partial charge is 0.493 e. The van der Waals surface area contributed by atoms with E-state index < -0.39 is 6.10 Å². The first-order chi connectivity index (χ1) is 14.7. The summed E-state index contributed by atoms with van der Waals surface area (Å²) in [7, 11) is 4.70. The molecule has 3 aromatic rings. The summed E-state index contributed by atoms with van der Waals surface area (Å²) in [5.74, 6) is 7.90. The summed E-state index contributed by atoms with van der Waals surface area (Å²) < 4.78 is 16.4. The molecule has 0 fully saturated rings. The van der Waals surface area contributed by atoms with E-state index >= 15 is 0 Å². The lowest BCUT2D eigenvalue weighted by Gasteiger charge is -2.15. The van der Waals surface area contributed by atoms with Gasteiger partial charge in [-0.1, -0.05) is 60.4 Å². The molecule has 3 aromatic carbocycles. The Labute approximate surface area is 177 Å². The normalized spacial score (nSPS) is 11.8. The van der Waals surface area contributed by atoms with Gasteiger partial charge in [-0.05, 0) is 41.5 Å². The van der Waals surface area contributed by atoms with Gasteiger partial charge in [0.05, 0.1) is 27.4 Å². The molecule has 1 unspecified atom stereocenters. The van der Waals surface area contributed by atoms with E-state index in [2.05, 4.69) is 11.8 Å². The molecular weight excluding hydrogens is 376 g/mol. The molecule has 4 heteroatoms. The molecule has 3 rings (SSSR count). The number of aliphatic hydroxyl groups excluding tert-OH is 1. The molecule has 0 saturated heterocycles. The molecule has 1 N–H and O–H groups in total. The summed E-state index contributed by atoms with van der Waals surface area (Å²) in [6.07, 6.45) is 0.914. The van der Waals surface area contributed by atoms with Crippen LogP contribution >= 0.6 is 0 Å². The number of rotatable bonds is 6. The first-order valence-electron chi connectivity index (χ1n) is 9.48. The van der Waals surface area contributed by atoms with Crippen molar-refractivity contribution in [3.05, 3.63) is 95.6 Å². The molecule has 0 spiro atoms. The van der Waals surface area contributed by atoms with Crippen LogP contribution in [0.3, 0.4) is 0 Å². The van der Waals surface area contributed by atoms with Crippen LogP contribution in [-0.2, 0) is 0 Å². The zero-order chi connectivity index (χ0) is 21.3. The minimum atomic E-state index is -0.814. The molecule has 0 bridgehead atoms. The fourth-order valence-corrected chi connectivity index (χ4v) is 3.01. The van der Waals surface area contributed by atoms with Crippen LogP contribution < -0.4 is 14.2 Å². The predicted octanol–water partition coefficient (Wildman–Crippen LogP) is 4.88. The van der Waals surface area contributed by atoms with Crippen LogP contribution in [0.5, 0.6) is 17.2 Å². The molecular formula is C26H24O4. The molecule has 0 aliphatic carbocycles. The van der Waals surface area contributed by atoms with Crippen molar-refractivity contribution in [2.45, 2.75) is 6.10 Å². The van der Waals surface area contributed by atoms with E-state index in [0.717, 1.165) is 16.7 Å². The Kier molecular flexibility index (Phi) is 7.15. The number of aliphatic hydroxyl groups is 1. The number of hydrogen-bond donors (Lipinski definition) is 1. The van der Waals surface area contributed by atoms with Gasteiger partial charge in [-0.15, -0.1) is 0 Å². The van der Waals surface area contributed by atoms with Crippen LogP contribution in [-0.4, -0.2) is 26.4 Å². The first-order valence-corrected chi connectivity index (χ1v) is 9.48. The summed E-state index contributed by atoms with van der Waals surface area (Å²) >= 11 is 0. The third-order valence-corrected chi connectivity index (χ3v) is 4.56. The maximum Gasteiger partial charge on any atom is 0.203 e. The van der Waals surface area contributed by atoms with Crippen molar-refractivity contribution in [2.75, 3.05) is 21.3 Å². The molecule has 1 atom stereocenters. The van der Waals surface area contributed by atoms with Gasteiger partial charge < -0.3 is 19.3 Å². The van der Waals surface area contributed by atoms with E-state index in [-0.39, 0.29) is 0 Å². The molecule has 0 heterocycles. The average molecular weight is 400 g/mol. The van der Waals surface area contributed by atoms with Gasteiger partial charge in [0.1, 0.15) is 0 Å². The van der Waals surface area contributed by atoms with Crippen molar-refractivity contribution in [3.8, 4) is 29.1 Å². The van der Waals surface area contributed by atoms with Gasteiger partial charge in [0.25, 0.3) is 0 Å². The Bertz CT molecular complexity index is 1040. The first kappa shape index (κ1) is 21.0. The zero-order valence-electron chi connectivity index (χ0n) is 17.3. The second kappa shape index (κ2) is 10.2. The van der Waals surface area contributed by atoms with E-state index in [1.54, 1.807) is 27.4 Å². The second-order valence-corrected chi connectivity index (χ2v) is 6.47. The molecule has 0 saturated carbocycles. The standard InChI is InChI=1S/C26H24O4/c1-28-24-17-22(18-25(29-2)26(24)30-3)21(15-14-19-10-6-4-7-11-19)16-23(27)20-12-8-5-9-13-20/h4-13,16-18,23,27H,1-3H3/b21-16+. The third kappa shape index (κ3) is 5.02. The van der Waals surface area contributed by atoms with E-state index in [1.807, 2.05) is 72.8 Å².